The number of ketones is 1. The summed E-state index contributed by atoms with van der Waals surface area (Å²) >= 11 is 0. The highest BCUT2D eigenvalue weighted by atomic mass is 16.4. The summed E-state index contributed by atoms with van der Waals surface area (Å²) in [6.07, 6.45) is 0. The third kappa shape index (κ3) is 3.14. The summed E-state index contributed by atoms with van der Waals surface area (Å²) in [5, 5.41) is 11.6. The lowest BCUT2D eigenvalue weighted by molar-refractivity contribution is -0.147. The number of furan rings is 1. The summed E-state index contributed by atoms with van der Waals surface area (Å²) < 4.78 is 5.68. The van der Waals surface area contributed by atoms with Crippen molar-refractivity contribution in [2.75, 3.05) is 5.32 Å². The molecule has 1 amide bonds. The number of hydrogen-bond acceptors (Lipinski definition) is 4. The van der Waals surface area contributed by atoms with E-state index in [1.807, 2.05) is 19.1 Å². The van der Waals surface area contributed by atoms with Crippen LogP contribution in [-0.4, -0.2) is 22.8 Å². The van der Waals surface area contributed by atoms with Crippen molar-refractivity contribution in [3.8, 4) is 0 Å². The molecular formula is C19H15NO5. The fraction of sp³-hybridized carbons (Fsp3) is 0.105. The van der Waals surface area contributed by atoms with E-state index in [9.17, 15) is 14.4 Å². The van der Waals surface area contributed by atoms with Crippen LogP contribution in [0.1, 0.15) is 27.2 Å². The van der Waals surface area contributed by atoms with E-state index < -0.39 is 11.9 Å². The fourth-order valence-electron chi connectivity index (χ4n) is 2.54. The Morgan fingerprint density at radius 1 is 1.00 bits per heavy atom. The molecule has 6 nitrogen and oxygen atoms in total. The second-order valence-corrected chi connectivity index (χ2v) is 5.72. The first-order valence-corrected chi connectivity index (χ1v) is 7.55. The third-order valence-electron chi connectivity index (χ3n) is 3.91. The largest absolute Gasteiger partial charge is 0.474 e. The summed E-state index contributed by atoms with van der Waals surface area (Å²) in [5.41, 5.74) is 2.94. The summed E-state index contributed by atoms with van der Waals surface area (Å²) in [7, 11) is 0. The molecule has 0 saturated heterocycles. The Hall–Kier alpha value is -3.41. The molecule has 126 valence electrons. The molecule has 1 heterocycles. The van der Waals surface area contributed by atoms with Gasteiger partial charge in [-0.1, -0.05) is 29.8 Å². The van der Waals surface area contributed by atoms with Crippen molar-refractivity contribution >= 4 is 34.3 Å². The monoisotopic (exact) mass is 337 g/mol. The van der Waals surface area contributed by atoms with Crippen LogP contribution in [0.15, 0.2) is 46.9 Å². The van der Waals surface area contributed by atoms with E-state index in [0.29, 0.717) is 16.7 Å². The molecule has 0 bridgehead atoms. The van der Waals surface area contributed by atoms with Crippen molar-refractivity contribution in [3.63, 3.8) is 0 Å². The highest BCUT2D eigenvalue weighted by Crippen LogP contribution is 2.29. The van der Waals surface area contributed by atoms with Crippen LogP contribution in [-0.2, 0) is 9.59 Å². The zero-order valence-electron chi connectivity index (χ0n) is 13.6. The molecule has 0 spiro atoms. The second kappa shape index (κ2) is 6.24. The topological polar surface area (TPSA) is 96.6 Å². The molecule has 6 heteroatoms. The van der Waals surface area contributed by atoms with Gasteiger partial charge < -0.3 is 14.8 Å². The first kappa shape index (κ1) is 16.4. The highest BCUT2D eigenvalue weighted by Gasteiger charge is 2.20. The molecule has 0 atom stereocenters. The van der Waals surface area contributed by atoms with Crippen LogP contribution in [0.4, 0.5) is 5.69 Å². The molecule has 0 radical (unpaired) electrons. The number of fused-ring (bicyclic) bond motifs is 1. The van der Waals surface area contributed by atoms with Crippen LogP contribution in [0.2, 0.25) is 0 Å². The van der Waals surface area contributed by atoms with Gasteiger partial charge in [-0.2, -0.15) is 0 Å². The molecule has 0 aliphatic rings. The average Bonchev–Trinajstić information content (AvgIpc) is 2.91. The number of benzene rings is 2. The molecule has 0 saturated carbocycles. The minimum atomic E-state index is -1.58. The molecule has 0 fully saturated rings. The summed E-state index contributed by atoms with van der Waals surface area (Å²) in [6.45, 7) is 3.72. The number of rotatable bonds is 3. The van der Waals surface area contributed by atoms with Gasteiger partial charge in [0.15, 0.2) is 5.76 Å². The fourth-order valence-corrected chi connectivity index (χ4v) is 2.54. The van der Waals surface area contributed by atoms with Crippen molar-refractivity contribution in [2.45, 2.75) is 13.8 Å². The van der Waals surface area contributed by atoms with Crippen LogP contribution in [0, 0.1) is 13.8 Å². The zero-order chi connectivity index (χ0) is 18.1. The Bertz CT molecular complexity index is 999. The Labute approximate surface area is 143 Å². The lowest BCUT2D eigenvalue weighted by atomic mass is 10.0. The number of carbonyl (C=O) groups excluding carboxylic acids is 2. The van der Waals surface area contributed by atoms with E-state index >= 15 is 0 Å². The SMILES string of the molecule is Cc1ccc(C(=O)c2oc3cc(NC(=O)C(=O)O)ccc3c2C)cc1. The van der Waals surface area contributed by atoms with E-state index in [4.69, 9.17) is 9.52 Å². The second-order valence-electron chi connectivity index (χ2n) is 5.72. The first-order chi connectivity index (χ1) is 11.9. The number of carbonyl (C=O) groups is 3. The summed E-state index contributed by atoms with van der Waals surface area (Å²) in [5.74, 6) is -2.73. The number of aryl methyl sites for hydroxylation is 2. The predicted octanol–water partition coefficient (Wildman–Crippen LogP) is 3.30. The predicted molar refractivity (Wildman–Crippen MR) is 91.8 cm³/mol. The van der Waals surface area contributed by atoms with Gasteiger partial charge in [0.25, 0.3) is 0 Å². The van der Waals surface area contributed by atoms with Gasteiger partial charge in [0.2, 0.25) is 5.78 Å². The first-order valence-electron chi connectivity index (χ1n) is 7.55. The van der Waals surface area contributed by atoms with Crippen LogP contribution in [0.5, 0.6) is 0 Å². The number of aliphatic carboxylic acids is 1. The smallest absolute Gasteiger partial charge is 0.394 e. The van der Waals surface area contributed by atoms with Gasteiger partial charge in [0.05, 0.1) is 0 Å². The van der Waals surface area contributed by atoms with Gasteiger partial charge in [-0.05, 0) is 26.0 Å². The number of amides is 1. The summed E-state index contributed by atoms with van der Waals surface area (Å²) in [6, 6.07) is 11.9. The van der Waals surface area contributed by atoms with Crippen LogP contribution < -0.4 is 5.32 Å². The molecule has 0 aliphatic heterocycles. The number of carboxylic acids is 1. The average molecular weight is 337 g/mol. The van der Waals surface area contributed by atoms with E-state index in [1.165, 1.54) is 6.07 Å². The Morgan fingerprint density at radius 2 is 1.68 bits per heavy atom. The Balaban J connectivity index is 1.98. The molecule has 0 unspecified atom stereocenters. The number of nitrogens with one attached hydrogen (secondary N) is 1. The standard InChI is InChI=1S/C19H15NO5/c1-10-3-5-12(6-4-10)16(21)17-11(2)14-8-7-13(9-15(14)25-17)20-18(22)19(23)24/h3-9H,1-2H3,(H,20,22)(H,23,24). The van der Waals surface area contributed by atoms with Crippen LogP contribution >= 0.6 is 0 Å². The minimum Gasteiger partial charge on any atom is -0.474 e. The summed E-state index contributed by atoms with van der Waals surface area (Å²) in [4.78, 5) is 34.5. The van der Waals surface area contributed by atoms with Crippen molar-refractivity contribution in [3.05, 3.63) is 64.9 Å². The molecule has 3 rings (SSSR count). The minimum absolute atomic E-state index is 0.223. The number of hydrogen-bond donors (Lipinski definition) is 2. The maximum absolute atomic E-state index is 12.7. The number of anilines is 1. The van der Waals surface area contributed by atoms with Crippen LogP contribution in [0.3, 0.4) is 0 Å². The van der Waals surface area contributed by atoms with Gasteiger partial charge in [0.1, 0.15) is 5.58 Å². The van der Waals surface area contributed by atoms with Crippen molar-refractivity contribution in [1.82, 2.24) is 0 Å². The van der Waals surface area contributed by atoms with E-state index in [2.05, 4.69) is 5.32 Å². The van der Waals surface area contributed by atoms with Crippen molar-refractivity contribution in [1.29, 1.82) is 0 Å². The molecule has 25 heavy (non-hydrogen) atoms. The maximum atomic E-state index is 12.7. The zero-order valence-corrected chi connectivity index (χ0v) is 13.6. The van der Waals surface area contributed by atoms with Gasteiger partial charge in [-0.15, -0.1) is 0 Å². The van der Waals surface area contributed by atoms with E-state index in [0.717, 1.165) is 10.9 Å². The van der Waals surface area contributed by atoms with E-state index in [-0.39, 0.29) is 17.2 Å². The highest BCUT2D eigenvalue weighted by molar-refractivity contribution is 6.36. The number of carboxylic acid groups (broad SMARTS) is 1. The molecular weight excluding hydrogens is 322 g/mol. The Morgan fingerprint density at radius 3 is 2.32 bits per heavy atom. The normalized spacial score (nSPS) is 10.6. The lowest BCUT2D eigenvalue weighted by Gasteiger charge is -2.01. The van der Waals surface area contributed by atoms with Crippen LogP contribution in [0.25, 0.3) is 11.0 Å². The molecule has 3 aromatic rings. The molecule has 2 aromatic carbocycles. The molecule has 2 N–H and O–H groups in total. The molecule has 1 aromatic heterocycles. The van der Waals surface area contributed by atoms with Crippen molar-refractivity contribution < 1.29 is 23.9 Å². The third-order valence-corrected chi connectivity index (χ3v) is 3.91. The van der Waals surface area contributed by atoms with E-state index in [1.54, 1.807) is 31.2 Å². The van der Waals surface area contributed by atoms with Gasteiger partial charge in [-0.25, -0.2) is 4.79 Å². The lowest BCUT2D eigenvalue weighted by Crippen LogP contribution is -2.21. The quantitative estimate of drug-likeness (QED) is 0.564. The van der Waals surface area contributed by atoms with Gasteiger partial charge in [-0.3, -0.25) is 9.59 Å². The Kier molecular flexibility index (Phi) is 4.10. The van der Waals surface area contributed by atoms with Crippen molar-refractivity contribution in [2.24, 2.45) is 0 Å². The van der Waals surface area contributed by atoms with Gasteiger partial charge >= 0.3 is 11.9 Å². The molecule has 0 aliphatic carbocycles. The maximum Gasteiger partial charge on any atom is 0.394 e. The van der Waals surface area contributed by atoms with Gasteiger partial charge in [0, 0.05) is 28.3 Å².